The lowest BCUT2D eigenvalue weighted by atomic mass is 10.1. The van der Waals surface area contributed by atoms with Crippen molar-refractivity contribution in [1.82, 2.24) is 4.98 Å². The van der Waals surface area contributed by atoms with Crippen LogP contribution in [0.1, 0.15) is 11.3 Å². The third-order valence-corrected chi connectivity index (χ3v) is 3.84. The Labute approximate surface area is 133 Å². The van der Waals surface area contributed by atoms with Gasteiger partial charge in [-0.2, -0.15) is 0 Å². The van der Waals surface area contributed by atoms with Crippen molar-refractivity contribution in [3.8, 4) is 5.75 Å². The van der Waals surface area contributed by atoms with Crippen LogP contribution in [-0.2, 0) is 0 Å². The van der Waals surface area contributed by atoms with E-state index in [9.17, 15) is 14.9 Å². The lowest BCUT2D eigenvalue weighted by Crippen LogP contribution is -1.89. The van der Waals surface area contributed by atoms with Gasteiger partial charge in [0, 0.05) is 6.07 Å². The summed E-state index contributed by atoms with van der Waals surface area (Å²) in [5.74, 6) is 0.470. The van der Waals surface area contributed by atoms with Gasteiger partial charge in [-0.05, 0) is 29.8 Å². The second kappa shape index (κ2) is 6.01. The topological polar surface area (TPSA) is 95.5 Å². The summed E-state index contributed by atoms with van der Waals surface area (Å²) in [7, 11) is 1.50. The van der Waals surface area contributed by atoms with Gasteiger partial charge in [0.1, 0.15) is 6.20 Å². The molecular weight excluding hydrogens is 320 g/mol. The highest BCUT2D eigenvalue weighted by molar-refractivity contribution is 7.16. The Balaban J connectivity index is 1.94. The number of benzene rings is 1. The molecule has 0 saturated heterocycles. The number of rotatable bonds is 4. The Hall–Kier alpha value is -3.00. The fourth-order valence-electron chi connectivity index (χ4n) is 2.00. The number of nitro groups is 1. The zero-order chi connectivity index (χ0) is 16.4. The van der Waals surface area contributed by atoms with Gasteiger partial charge in [-0.25, -0.2) is 9.78 Å². The van der Waals surface area contributed by atoms with Crippen molar-refractivity contribution in [3.63, 3.8) is 0 Å². The maximum Gasteiger partial charge on any atom is 0.396 e. The van der Waals surface area contributed by atoms with Gasteiger partial charge in [-0.15, -0.1) is 0 Å². The molecule has 0 fully saturated rings. The van der Waals surface area contributed by atoms with Crippen molar-refractivity contribution in [2.24, 2.45) is 0 Å². The Kier molecular flexibility index (Phi) is 3.90. The molecular formula is C15H10N2O5S. The molecule has 0 amide bonds. The summed E-state index contributed by atoms with van der Waals surface area (Å²) in [6.07, 6.45) is 4.69. The van der Waals surface area contributed by atoms with E-state index in [1.807, 2.05) is 0 Å². The monoisotopic (exact) mass is 330 g/mol. The van der Waals surface area contributed by atoms with Crippen LogP contribution in [0.3, 0.4) is 0 Å². The van der Waals surface area contributed by atoms with E-state index in [1.54, 1.807) is 30.4 Å². The SMILES string of the molecule is COc1cc(/C=C/c2ccc([N+](=O)[O-])cn2)cc2sc(=O)oc12. The maximum atomic E-state index is 11.3. The van der Waals surface area contributed by atoms with E-state index in [1.165, 1.54) is 19.4 Å². The van der Waals surface area contributed by atoms with Crippen LogP contribution in [0.5, 0.6) is 5.75 Å². The van der Waals surface area contributed by atoms with Crippen molar-refractivity contribution in [2.75, 3.05) is 7.11 Å². The van der Waals surface area contributed by atoms with E-state index in [-0.39, 0.29) is 5.69 Å². The average molecular weight is 330 g/mol. The van der Waals surface area contributed by atoms with Gasteiger partial charge in [-0.3, -0.25) is 10.1 Å². The molecule has 0 radical (unpaired) electrons. The van der Waals surface area contributed by atoms with Gasteiger partial charge < -0.3 is 9.15 Å². The van der Waals surface area contributed by atoms with E-state index >= 15 is 0 Å². The normalized spacial score (nSPS) is 11.2. The number of aromatic nitrogens is 1. The predicted molar refractivity (Wildman–Crippen MR) is 86.7 cm³/mol. The van der Waals surface area contributed by atoms with Gasteiger partial charge in [0.15, 0.2) is 11.3 Å². The summed E-state index contributed by atoms with van der Waals surface area (Å²) >= 11 is 0.996. The highest BCUT2D eigenvalue weighted by atomic mass is 32.1. The van der Waals surface area contributed by atoms with Crippen molar-refractivity contribution < 1.29 is 14.1 Å². The van der Waals surface area contributed by atoms with Crippen LogP contribution < -0.4 is 9.68 Å². The minimum absolute atomic E-state index is 0.0617. The summed E-state index contributed by atoms with van der Waals surface area (Å²) < 4.78 is 11.0. The van der Waals surface area contributed by atoms with Crippen molar-refractivity contribution in [1.29, 1.82) is 0 Å². The average Bonchev–Trinajstić information content (AvgIpc) is 2.92. The molecule has 2 aromatic heterocycles. The first-order valence-electron chi connectivity index (χ1n) is 6.47. The van der Waals surface area contributed by atoms with E-state index in [0.29, 0.717) is 21.7 Å². The maximum absolute atomic E-state index is 11.3. The van der Waals surface area contributed by atoms with Crippen molar-refractivity contribution in [2.45, 2.75) is 0 Å². The minimum atomic E-state index is -0.500. The van der Waals surface area contributed by atoms with Gasteiger partial charge in [0.25, 0.3) is 5.69 Å². The molecule has 0 spiro atoms. The highest BCUT2D eigenvalue weighted by Crippen LogP contribution is 2.29. The first-order valence-corrected chi connectivity index (χ1v) is 7.28. The molecule has 0 saturated carbocycles. The second-order valence-electron chi connectivity index (χ2n) is 4.54. The van der Waals surface area contributed by atoms with E-state index < -0.39 is 9.86 Å². The molecule has 0 aliphatic rings. The zero-order valence-corrected chi connectivity index (χ0v) is 12.7. The highest BCUT2D eigenvalue weighted by Gasteiger charge is 2.10. The molecule has 0 aliphatic heterocycles. The molecule has 2 heterocycles. The molecule has 0 atom stereocenters. The third-order valence-electron chi connectivity index (χ3n) is 3.07. The first kappa shape index (κ1) is 14.9. The van der Waals surface area contributed by atoms with Crippen LogP contribution in [0.15, 0.2) is 39.7 Å². The molecule has 0 unspecified atom stereocenters. The number of ether oxygens (including phenoxy) is 1. The van der Waals surface area contributed by atoms with E-state index in [4.69, 9.17) is 9.15 Å². The van der Waals surface area contributed by atoms with Crippen molar-refractivity contribution >= 4 is 39.5 Å². The van der Waals surface area contributed by atoms with Crippen LogP contribution in [0.25, 0.3) is 22.4 Å². The Morgan fingerprint density at radius 2 is 2.17 bits per heavy atom. The third kappa shape index (κ3) is 3.11. The number of nitrogens with zero attached hydrogens (tertiary/aromatic N) is 2. The Morgan fingerprint density at radius 1 is 1.35 bits per heavy atom. The lowest BCUT2D eigenvalue weighted by Gasteiger charge is -2.01. The summed E-state index contributed by atoms with van der Waals surface area (Å²) in [5.41, 5.74) is 1.74. The van der Waals surface area contributed by atoms with Crippen LogP contribution in [0, 0.1) is 10.1 Å². The van der Waals surface area contributed by atoms with Crippen LogP contribution >= 0.6 is 11.3 Å². The molecule has 23 heavy (non-hydrogen) atoms. The fraction of sp³-hybridized carbons (Fsp3) is 0.0667. The summed E-state index contributed by atoms with van der Waals surface area (Å²) in [5, 5.41) is 10.6. The molecule has 7 nitrogen and oxygen atoms in total. The number of fused-ring (bicyclic) bond motifs is 1. The summed E-state index contributed by atoms with van der Waals surface area (Å²) in [6, 6.07) is 6.48. The van der Waals surface area contributed by atoms with Crippen LogP contribution in [0.4, 0.5) is 5.69 Å². The number of hydrogen-bond donors (Lipinski definition) is 0. The molecule has 3 rings (SSSR count). The largest absolute Gasteiger partial charge is 0.493 e. The van der Waals surface area contributed by atoms with Gasteiger partial charge >= 0.3 is 4.94 Å². The fourth-order valence-corrected chi connectivity index (χ4v) is 2.74. The second-order valence-corrected chi connectivity index (χ2v) is 5.51. The molecule has 116 valence electrons. The number of pyridine rings is 1. The molecule has 8 heteroatoms. The van der Waals surface area contributed by atoms with Gasteiger partial charge in [0.2, 0.25) is 0 Å². The molecule has 1 aromatic carbocycles. The van der Waals surface area contributed by atoms with Crippen LogP contribution in [0.2, 0.25) is 0 Å². The number of methoxy groups -OCH3 is 1. The Bertz CT molecular complexity index is 956. The lowest BCUT2D eigenvalue weighted by molar-refractivity contribution is -0.385. The molecule has 0 aliphatic carbocycles. The molecule has 0 N–H and O–H groups in total. The van der Waals surface area contributed by atoms with Crippen molar-refractivity contribution in [3.05, 3.63) is 61.6 Å². The molecule has 0 bridgehead atoms. The number of hydrogen-bond acceptors (Lipinski definition) is 7. The standard InChI is InChI=1S/C15H10N2O5S/c1-21-12-6-9(7-13-14(12)22-15(18)23-13)2-3-10-4-5-11(8-16-10)17(19)20/h2-8H,1H3/b3-2+. The summed E-state index contributed by atoms with van der Waals surface area (Å²) in [4.78, 5) is 25.0. The predicted octanol–water partition coefficient (Wildman–Crippen LogP) is 3.34. The zero-order valence-electron chi connectivity index (χ0n) is 11.9. The quantitative estimate of drug-likeness (QED) is 0.538. The van der Waals surface area contributed by atoms with E-state index in [0.717, 1.165) is 16.9 Å². The Morgan fingerprint density at radius 3 is 2.83 bits per heavy atom. The molecule has 3 aromatic rings. The van der Waals surface area contributed by atoms with Gasteiger partial charge in [-0.1, -0.05) is 17.4 Å². The smallest absolute Gasteiger partial charge is 0.396 e. The van der Waals surface area contributed by atoms with Crippen LogP contribution in [-0.4, -0.2) is 17.0 Å². The van der Waals surface area contributed by atoms with E-state index in [2.05, 4.69) is 4.98 Å². The van der Waals surface area contributed by atoms with Gasteiger partial charge in [0.05, 0.1) is 22.4 Å². The minimum Gasteiger partial charge on any atom is -0.493 e. The summed E-state index contributed by atoms with van der Waals surface area (Å²) in [6.45, 7) is 0. The first-order chi connectivity index (χ1) is 11.1.